The number of hydrogen-bond donors (Lipinski definition) is 0. The van der Waals surface area contributed by atoms with Gasteiger partial charge in [0.25, 0.3) is 0 Å². The summed E-state index contributed by atoms with van der Waals surface area (Å²) in [4.78, 5) is 16.3. The van der Waals surface area contributed by atoms with Gasteiger partial charge >= 0.3 is 0 Å². The van der Waals surface area contributed by atoms with E-state index in [1.54, 1.807) is 13.4 Å². The zero-order valence-electron chi connectivity index (χ0n) is 9.82. The monoisotopic (exact) mass is 241 g/mol. The Hall–Kier alpha value is -2.50. The summed E-state index contributed by atoms with van der Waals surface area (Å²) < 4.78 is 3.30. The highest BCUT2D eigenvalue weighted by molar-refractivity contribution is 5.94. The first-order valence-corrected chi connectivity index (χ1v) is 5.53. The van der Waals surface area contributed by atoms with Gasteiger partial charge in [0.2, 0.25) is 5.78 Å². The molecular formula is C12H11N5O. The Labute approximate surface area is 103 Å². The summed E-state index contributed by atoms with van der Waals surface area (Å²) >= 11 is 0. The first-order chi connectivity index (χ1) is 8.75. The number of para-hydroxylation sites is 2. The Bertz CT molecular complexity index is 712. The van der Waals surface area contributed by atoms with Crippen molar-refractivity contribution in [3.8, 4) is 0 Å². The Kier molecular flexibility index (Phi) is 2.40. The van der Waals surface area contributed by atoms with Gasteiger partial charge in [-0.1, -0.05) is 17.3 Å². The summed E-state index contributed by atoms with van der Waals surface area (Å²) in [6.45, 7) is 0.238. The van der Waals surface area contributed by atoms with Crippen molar-refractivity contribution < 1.29 is 4.79 Å². The maximum absolute atomic E-state index is 12.1. The second-order valence-electron chi connectivity index (χ2n) is 4.03. The van der Waals surface area contributed by atoms with Crippen LogP contribution in [0.5, 0.6) is 0 Å². The number of benzene rings is 1. The predicted molar refractivity (Wildman–Crippen MR) is 65.1 cm³/mol. The van der Waals surface area contributed by atoms with Crippen molar-refractivity contribution in [3.05, 3.63) is 42.5 Å². The standard InChI is InChI=1S/C12H11N5O/c1-16-11(6-14-15-16)12(18)7-17-8-13-9-4-2-3-5-10(9)17/h2-6,8H,7H2,1H3. The molecule has 0 atom stereocenters. The number of carbonyl (C=O) groups is 1. The van der Waals surface area contributed by atoms with E-state index in [0.717, 1.165) is 11.0 Å². The molecule has 0 aliphatic heterocycles. The summed E-state index contributed by atoms with van der Waals surface area (Å²) in [7, 11) is 1.70. The fourth-order valence-corrected chi connectivity index (χ4v) is 1.91. The van der Waals surface area contributed by atoms with Crippen LogP contribution in [0.4, 0.5) is 0 Å². The van der Waals surface area contributed by atoms with E-state index in [2.05, 4.69) is 15.3 Å². The Morgan fingerprint density at radius 2 is 2.17 bits per heavy atom. The molecule has 2 aromatic heterocycles. The molecule has 0 radical (unpaired) electrons. The molecule has 0 aliphatic carbocycles. The zero-order valence-corrected chi connectivity index (χ0v) is 9.82. The molecule has 0 fully saturated rings. The highest BCUT2D eigenvalue weighted by Crippen LogP contribution is 2.12. The molecule has 0 amide bonds. The normalized spacial score (nSPS) is 10.9. The summed E-state index contributed by atoms with van der Waals surface area (Å²) in [5.74, 6) is -0.0364. The Morgan fingerprint density at radius 3 is 2.94 bits per heavy atom. The minimum absolute atomic E-state index is 0.0364. The van der Waals surface area contributed by atoms with Gasteiger partial charge in [-0.2, -0.15) is 0 Å². The lowest BCUT2D eigenvalue weighted by Crippen LogP contribution is -2.13. The molecule has 0 spiro atoms. The van der Waals surface area contributed by atoms with E-state index in [0.29, 0.717) is 5.69 Å². The summed E-state index contributed by atoms with van der Waals surface area (Å²) in [5, 5.41) is 7.45. The van der Waals surface area contributed by atoms with Crippen LogP contribution in [0.1, 0.15) is 10.5 Å². The third kappa shape index (κ3) is 1.67. The van der Waals surface area contributed by atoms with E-state index in [-0.39, 0.29) is 12.3 Å². The van der Waals surface area contributed by atoms with E-state index < -0.39 is 0 Å². The lowest BCUT2D eigenvalue weighted by atomic mass is 10.3. The number of rotatable bonds is 3. The van der Waals surface area contributed by atoms with Gasteiger partial charge in [-0.05, 0) is 12.1 Å². The number of hydrogen-bond acceptors (Lipinski definition) is 4. The van der Waals surface area contributed by atoms with Crippen LogP contribution in [0.15, 0.2) is 36.8 Å². The molecule has 6 heteroatoms. The van der Waals surface area contributed by atoms with Gasteiger partial charge in [-0.25, -0.2) is 9.67 Å². The summed E-state index contributed by atoms with van der Waals surface area (Å²) in [5.41, 5.74) is 2.32. The van der Waals surface area contributed by atoms with Crippen molar-refractivity contribution in [1.29, 1.82) is 0 Å². The zero-order chi connectivity index (χ0) is 12.5. The molecule has 0 saturated heterocycles. The molecule has 0 aliphatic rings. The van der Waals surface area contributed by atoms with Gasteiger partial charge < -0.3 is 4.57 Å². The van der Waals surface area contributed by atoms with E-state index in [1.807, 2.05) is 28.8 Å². The van der Waals surface area contributed by atoms with Gasteiger partial charge in [0, 0.05) is 7.05 Å². The SMILES string of the molecule is Cn1nncc1C(=O)Cn1cnc2ccccc21. The van der Waals surface area contributed by atoms with Gasteiger partial charge in [-0.15, -0.1) is 5.10 Å². The predicted octanol–water partition coefficient (Wildman–Crippen LogP) is 1.05. The molecule has 2 heterocycles. The molecular weight excluding hydrogens is 230 g/mol. The Balaban J connectivity index is 1.93. The average Bonchev–Trinajstić information content (AvgIpc) is 2.97. The molecule has 0 unspecified atom stereocenters. The molecule has 0 bridgehead atoms. The van der Waals surface area contributed by atoms with Gasteiger partial charge in [0.05, 0.1) is 30.1 Å². The van der Waals surface area contributed by atoms with Gasteiger partial charge in [0.15, 0.2) is 0 Å². The molecule has 90 valence electrons. The number of carbonyl (C=O) groups excluding carboxylic acids is 1. The molecule has 1 aromatic carbocycles. The van der Waals surface area contributed by atoms with Crippen LogP contribution in [0.25, 0.3) is 11.0 Å². The van der Waals surface area contributed by atoms with Crippen molar-refractivity contribution >= 4 is 16.8 Å². The van der Waals surface area contributed by atoms with Gasteiger partial charge in [0.1, 0.15) is 5.69 Å². The van der Waals surface area contributed by atoms with Crippen LogP contribution >= 0.6 is 0 Å². The van der Waals surface area contributed by atoms with Gasteiger partial charge in [-0.3, -0.25) is 4.79 Å². The maximum Gasteiger partial charge on any atom is 0.202 e. The highest BCUT2D eigenvalue weighted by atomic mass is 16.1. The molecule has 3 aromatic rings. The fraction of sp³-hybridized carbons (Fsp3) is 0.167. The van der Waals surface area contributed by atoms with E-state index in [4.69, 9.17) is 0 Å². The smallest absolute Gasteiger partial charge is 0.202 e. The first kappa shape index (κ1) is 10.6. The number of ketones is 1. The summed E-state index contributed by atoms with van der Waals surface area (Å²) in [6.07, 6.45) is 3.15. The minimum Gasteiger partial charge on any atom is -0.323 e. The average molecular weight is 241 g/mol. The second kappa shape index (κ2) is 4.06. The van der Waals surface area contributed by atoms with Crippen molar-refractivity contribution in [2.75, 3.05) is 0 Å². The van der Waals surface area contributed by atoms with Crippen LogP contribution in [-0.4, -0.2) is 30.3 Å². The largest absolute Gasteiger partial charge is 0.323 e. The molecule has 0 saturated carbocycles. The molecule has 6 nitrogen and oxygen atoms in total. The topological polar surface area (TPSA) is 65.6 Å². The number of nitrogens with zero attached hydrogens (tertiary/aromatic N) is 5. The lowest BCUT2D eigenvalue weighted by Gasteiger charge is -2.03. The van der Waals surface area contributed by atoms with Crippen LogP contribution < -0.4 is 0 Å². The van der Waals surface area contributed by atoms with Crippen LogP contribution in [0.2, 0.25) is 0 Å². The van der Waals surface area contributed by atoms with Crippen LogP contribution in [0.3, 0.4) is 0 Å². The highest BCUT2D eigenvalue weighted by Gasteiger charge is 2.13. The van der Waals surface area contributed by atoms with Crippen molar-refractivity contribution in [1.82, 2.24) is 24.5 Å². The number of imidazole rings is 1. The number of aryl methyl sites for hydroxylation is 1. The molecule has 18 heavy (non-hydrogen) atoms. The maximum atomic E-state index is 12.1. The third-order valence-electron chi connectivity index (χ3n) is 2.84. The second-order valence-corrected chi connectivity index (χ2v) is 4.03. The van der Waals surface area contributed by atoms with Crippen LogP contribution in [0, 0.1) is 0 Å². The van der Waals surface area contributed by atoms with Crippen molar-refractivity contribution in [2.45, 2.75) is 6.54 Å². The van der Waals surface area contributed by atoms with E-state index in [9.17, 15) is 4.79 Å². The van der Waals surface area contributed by atoms with E-state index >= 15 is 0 Å². The first-order valence-electron chi connectivity index (χ1n) is 5.53. The lowest BCUT2D eigenvalue weighted by molar-refractivity contribution is 0.0964. The minimum atomic E-state index is -0.0364. The number of Topliss-reactive ketones (excluding diaryl/α,β-unsaturated/α-hetero) is 1. The van der Waals surface area contributed by atoms with Crippen molar-refractivity contribution in [3.63, 3.8) is 0 Å². The number of fused-ring (bicyclic) bond motifs is 1. The summed E-state index contributed by atoms with van der Waals surface area (Å²) in [6, 6.07) is 7.71. The van der Waals surface area contributed by atoms with Crippen molar-refractivity contribution in [2.24, 2.45) is 7.05 Å². The number of aromatic nitrogens is 5. The van der Waals surface area contributed by atoms with Crippen LogP contribution in [-0.2, 0) is 13.6 Å². The Morgan fingerprint density at radius 1 is 1.33 bits per heavy atom. The quantitative estimate of drug-likeness (QED) is 0.643. The fourth-order valence-electron chi connectivity index (χ4n) is 1.91. The molecule has 0 N–H and O–H groups in total. The van der Waals surface area contributed by atoms with E-state index in [1.165, 1.54) is 10.9 Å². The third-order valence-corrected chi connectivity index (χ3v) is 2.84. The molecule has 3 rings (SSSR count).